The zero-order valence-corrected chi connectivity index (χ0v) is 11.9. The molecule has 0 amide bonds. The van der Waals surface area contributed by atoms with Crippen molar-refractivity contribution < 1.29 is 30.0 Å². The number of rotatable bonds is 3. The largest absolute Gasteiger partial charge is 0.391 e. The minimum absolute atomic E-state index is 0.185. The normalized spacial score (nSPS) is 15.9. The molecule has 0 rings (SSSR count). The molecule has 0 saturated carbocycles. The third kappa shape index (κ3) is 24.4. The lowest BCUT2D eigenvalue weighted by molar-refractivity contribution is -0.124. The van der Waals surface area contributed by atoms with Crippen molar-refractivity contribution in [3.8, 4) is 0 Å². The molecule has 0 aliphatic rings. The van der Waals surface area contributed by atoms with Gasteiger partial charge in [-0.05, 0) is 41.5 Å². The van der Waals surface area contributed by atoms with Crippen LogP contribution in [0.4, 0.5) is 0 Å². The highest BCUT2D eigenvalue weighted by Gasteiger charge is 1.99. The topological polar surface area (TPSA) is 115 Å². The maximum Gasteiger partial charge on any atom is 0.157 e. The van der Waals surface area contributed by atoms with Crippen LogP contribution in [0.5, 0.6) is 0 Å². The summed E-state index contributed by atoms with van der Waals surface area (Å²) in [5.41, 5.74) is 0. The zero-order chi connectivity index (χ0) is 15.5. The second-order valence-corrected chi connectivity index (χ2v) is 4.05. The molecule has 0 saturated heterocycles. The number of hydrogen-bond acceptors (Lipinski definition) is 6. The van der Waals surface area contributed by atoms with E-state index in [4.69, 9.17) is 20.4 Å². The molecule has 0 spiro atoms. The van der Waals surface area contributed by atoms with Crippen LogP contribution in [0.3, 0.4) is 0 Å². The van der Waals surface area contributed by atoms with Gasteiger partial charge in [0.25, 0.3) is 0 Å². The van der Waals surface area contributed by atoms with E-state index in [9.17, 15) is 9.59 Å². The van der Waals surface area contributed by atoms with Crippen molar-refractivity contribution in [3.05, 3.63) is 0 Å². The van der Waals surface area contributed by atoms with Crippen LogP contribution in [-0.4, -0.2) is 56.4 Å². The summed E-state index contributed by atoms with van der Waals surface area (Å²) in [5, 5.41) is 33.3. The Morgan fingerprint density at radius 3 is 0.778 bits per heavy atom. The Morgan fingerprint density at radius 1 is 0.667 bits per heavy atom. The fourth-order valence-electron chi connectivity index (χ4n) is 0. The van der Waals surface area contributed by atoms with Crippen molar-refractivity contribution in [2.45, 2.75) is 66.0 Å². The first-order valence-corrected chi connectivity index (χ1v) is 5.66. The summed E-state index contributed by atoms with van der Waals surface area (Å²) in [7, 11) is 0. The summed E-state index contributed by atoms with van der Waals surface area (Å²) in [4.78, 5) is 19.8. The first-order chi connectivity index (χ1) is 7.93. The molecule has 6 heteroatoms. The number of hydrogen-bond donors (Lipinski definition) is 4. The van der Waals surface area contributed by atoms with Crippen LogP contribution in [0.2, 0.25) is 0 Å². The Kier molecular flexibility index (Phi) is 15.7. The van der Waals surface area contributed by atoms with Crippen LogP contribution in [0.1, 0.15) is 41.5 Å². The van der Waals surface area contributed by atoms with Crippen LogP contribution in [0.25, 0.3) is 0 Å². The van der Waals surface area contributed by atoms with E-state index in [-0.39, 0.29) is 11.6 Å². The van der Waals surface area contributed by atoms with Crippen molar-refractivity contribution in [2.75, 3.05) is 0 Å². The lowest BCUT2D eigenvalue weighted by Gasteiger charge is -2.03. The summed E-state index contributed by atoms with van der Waals surface area (Å²) in [6, 6.07) is 0. The lowest BCUT2D eigenvalue weighted by Crippen LogP contribution is -2.17. The molecule has 0 fully saturated rings. The van der Waals surface area contributed by atoms with Gasteiger partial charge < -0.3 is 20.4 Å². The summed E-state index contributed by atoms with van der Waals surface area (Å²) in [6.07, 6.45) is -2.76. The maximum atomic E-state index is 9.89. The summed E-state index contributed by atoms with van der Waals surface area (Å²) in [5.74, 6) is -0.370. The van der Waals surface area contributed by atoms with Crippen LogP contribution in [-0.2, 0) is 9.59 Å². The molecule has 0 aliphatic heterocycles. The predicted molar refractivity (Wildman–Crippen MR) is 68.1 cm³/mol. The van der Waals surface area contributed by atoms with E-state index in [0.717, 1.165) is 0 Å². The third-order valence-corrected chi connectivity index (χ3v) is 1.87. The first kappa shape index (κ1) is 22.4. The van der Waals surface area contributed by atoms with Gasteiger partial charge in [-0.15, -0.1) is 0 Å². The average molecular weight is 266 g/mol. The quantitative estimate of drug-likeness (QED) is 0.555. The van der Waals surface area contributed by atoms with Gasteiger partial charge in [-0.2, -0.15) is 0 Å². The van der Waals surface area contributed by atoms with E-state index < -0.39 is 24.4 Å². The SMILES string of the molecule is CC(=O)C(C)O.CC(=O)C(C)O.CC(O)C(C)O. The lowest BCUT2D eigenvalue weighted by atomic mass is 10.3. The second kappa shape index (κ2) is 12.6. The molecule has 0 bridgehead atoms. The fourth-order valence-corrected chi connectivity index (χ4v) is 0. The minimum Gasteiger partial charge on any atom is -0.391 e. The van der Waals surface area contributed by atoms with E-state index in [1.54, 1.807) is 13.8 Å². The number of Topliss-reactive ketones (excluding diaryl/α,β-unsaturated/α-hetero) is 2. The Bertz CT molecular complexity index is 197. The molecule has 0 radical (unpaired) electrons. The monoisotopic (exact) mass is 266 g/mol. The maximum absolute atomic E-state index is 9.89. The number of ketones is 2. The molecule has 0 aliphatic carbocycles. The molecule has 18 heavy (non-hydrogen) atoms. The van der Waals surface area contributed by atoms with E-state index in [2.05, 4.69) is 0 Å². The molecule has 0 aromatic rings. The standard InChI is InChI=1S/C4H10O2.2C4H8O2/c3*1-3(5)4(2)6/h3-6H,1-2H3;2*3,5H,1-2H3. The van der Waals surface area contributed by atoms with Crippen molar-refractivity contribution in [1.29, 1.82) is 0 Å². The Morgan fingerprint density at radius 2 is 0.778 bits per heavy atom. The van der Waals surface area contributed by atoms with Crippen LogP contribution in [0, 0.1) is 0 Å². The Hall–Kier alpha value is -0.820. The number of carbonyl (C=O) groups is 2. The molecule has 4 atom stereocenters. The van der Waals surface area contributed by atoms with E-state index in [1.165, 1.54) is 27.7 Å². The minimum atomic E-state index is -0.787. The Balaban J connectivity index is -0.000000187. The van der Waals surface area contributed by atoms with Gasteiger partial charge in [-0.25, -0.2) is 0 Å². The smallest absolute Gasteiger partial charge is 0.157 e. The average Bonchev–Trinajstić information content (AvgIpc) is 2.18. The van der Waals surface area contributed by atoms with Crippen LogP contribution >= 0.6 is 0 Å². The predicted octanol–water partition coefficient (Wildman–Crippen LogP) is -0.340. The van der Waals surface area contributed by atoms with Gasteiger partial charge in [0.2, 0.25) is 0 Å². The molecular formula is C12H26O6. The molecular weight excluding hydrogens is 240 g/mol. The van der Waals surface area contributed by atoms with Gasteiger partial charge in [-0.1, -0.05) is 0 Å². The van der Waals surface area contributed by atoms with Crippen LogP contribution < -0.4 is 0 Å². The van der Waals surface area contributed by atoms with Gasteiger partial charge in [0, 0.05) is 0 Å². The Labute approximate surface area is 108 Å². The summed E-state index contributed by atoms with van der Waals surface area (Å²) >= 11 is 0. The molecule has 0 aromatic heterocycles. The first-order valence-electron chi connectivity index (χ1n) is 5.66. The van der Waals surface area contributed by atoms with E-state index in [0.29, 0.717) is 0 Å². The van der Waals surface area contributed by atoms with Crippen molar-refractivity contribution >= 4 is 11.6 Å². The van der Waals surface area contributed by atoms with Crippen molar-refractivity contribution in [1.82, 2.24) is 0 Å². The van der Waals surface area contributed by atoms with Crippen molar-refractivity contribution in [2.24, 2.45) is 0 Å². The van der Waals surface area contributed by atoms with E-state index >= 15 is 0 Å². The highest BCUT2D eigenvalue weighted by molar-refractivity contribution is 5.79. The summed E-state index contributed by atoms with van der Waals surface area (Å²) < 4.78 is 0. The summed E-state index contributed by atoms with van der Waals surface area (Å²) in [6.45, 7) is 8.69. The third-order valence-electron chi connectivity index (χ3n) is 1.87. The van der Waals surface area contributed by atoms with Gasteiger partial charge in [0.05, 0.1) is 12.2 Å². The molecule has 4 unspecified atom stereocenters. The fraction of sp³-hybridized carbons (Fsp3) is 0.833. The highest BCUT2D eigenvalue weighted by atomic mass is 16.3. The van der Waals surface area contributed by atoms with Gasteiger partial charge in [-0.3, -0.25) is 9.59 Å². The molecule has 0 heterocycles. The molecule has 0 aromatic carbocycles. The van der Waals surface area contributed by atoms with E-state index in [1.807, 2.05) is 0 Å². The van der Waals surface area contributed by atoms with Crippen molar-refractivity contribution in [3.63, 3.8) is 0 Å². The second-order valence-electron chi connectivity index (χ2n) is 4.05. The number of aliphatic hydroxyl groups excluding tert-OH is 4. The number of carbonyl (C=O) groups excluding carboxylic acids is 2. The van der Waals surface area contributed by atoms with Gasteiger partial charge in [0.15, 0.2) is 11.6 Å². The molecule has 6 nitrogen and oxygen atoms in total. The number of aliphatic hydroxyl groups is 4. The molecule has 110 valence electrons. The molecule has 4 N–H and O–H groups in total. The zero-order valence-electron chi connectivity index (χ0n) is 11.9. The highest BCUT2D eigenvalue weighted by Crippen LogP contribution is 1.85. The van der Waals surface area contributed by atoms with Gasteiger partial charge >= 0.3 is 0 Å². The van der Waals surface area contributed by atoms with Crippen LogP contribution in [0.15, 0.2) is 0 Å². The van der Waals surface area contributed by atoms with Gasteiger partial charge in [0.1, 0.15) is 12.2 Å².